The predicted octanol–water partition coefficient (Wildman–Crippen LogP) is 3.64. The minimum absolute atomic E-state index is 0.0466. The number of carbonyl (C=O) groups is 3. The first-order chi connectivity index (χ1) is 19.5. The molecule has 0 atom stereocenters. The maximum Gasteiger partial charge on any atom is 0.341 e. The van der Waals surface area contributed by atoms with Gasteiger partial charge in [0.2, 0.25) is 5.91 Å². The van der Waals surface area contributed by atoms with E-state index < -0.39 is 24.4 Å². The van der Waals surface area contributed by atoms with Gasteiger partial charge in [-0.25, -0.2) is 4.79 Å². The molecule has 41 heavy (non-hydrogen) atoms. The summed E-state index contributed by atoms with van der Waals surface area (Å²) in [4.78, 5) is 36.5. The van der Waals surface area contributed by atoms with Crippen LogP contribution in [0.25, 0.3) is 0 Å². The number of carbonyl (C=O) groups excluding carboxylic acids is 2. The van der Waals surface area contributed by atoms with Gasteiger partial charge in [0.25, 0.3) is 5.91 Å². The van der Waals surface area contributed by atoms with E-state index in [2.05, 4.69) is 16.0 Å². The van der Waals surface area contributed by atoms with Crippen LogP contribution in [0.1, 0.15) is 35.3 Å². The number of aliphatic carboxylic acids is 1. The lowest BCUT2D eigenvalue weighted by Crippen LogP contribution is -2.22. The summed E-state index contributed by atoms with van der Waals surface area (Å²) in [6.07, 6.45) is -0.292. The number of rotatable bonds is 13. The summed E-state index contributed by atoms with van der Waals surface area (Å²) in [6, 6.07) is 14.3. The zero-order valence-electron chi connectivity index (χ0n) is 22.4. The number of nitrogens with two attached hydrogens (primary N) is 2. The van der Waals surface area contributed by atoms with Gasteiger partial charge >= 0.3 is 5.97 Å². The van der Waals surface area contributed by atoms with Crippen LogP contribution < -0.4 is 36.9 Å². The van der Waals surface area contributed by atoms with Crippen LogP contribution in [0.4, 0.5) is 17.1 Å². The molecule has 0 saturated carbocycles. The monoisotopic (exact) mass is 582 g/mol. The first-order valence-electron chi connectivity index (χ1n) is 12.4. The van der Waals surface area contributed by atoms with Gasteiger partial charge in [-0.05, 0) is 62.4 Å². The molecule has 3 aromatic rings. The number of amides is 2. The van der Waals surface area contributed by atoms with E-state index in [-0.39, 0.29) is 42.1 Å². The average molecular weight is 583 g/mol. The van der Waals surface area contributed by atoms with E-state index in [1.165, 1.54) is 12.1 Å². The summed E-state index contributed by atoms with van der Waals surface area (Å²) in [5.74, 6) is -1.80. The van der Waals surface area contributed by atoms with Crippen molar-refractivity contribution in [2.45, 2.75) is 26.5 Å². The van der Waals surface area contributed by atoms with Gasteiger partial charge < -0.3 is 42.0 Å². The van der Waals surface area contributed by atoms with E-state index in [0.717, 1.165) is 0 Å². The molecule has 0 aliphatic heterocycles. The van der Waals surface area contributed by atoms with Gasteiger partial charge in [0.05, 0.1) is 18.2 Å². The highest BCUT2D eigenvalue weighted by Gasteiger charge is 2.19. The number of carboxylic acid groups (broad SMARTS) is 1. The molecular formula is C28H31ClN6O6. The van der Waals surface area contributed by atoms with Crippen LogP contribution in [0, 0.1) is 5.41 Å². The number of ether oxygens (including phenoxy) is 2. The maximum absolute atomic E-state index is 13.2. The lowest BCUT2D eigenvalue weighted by molar-refractivity contribution is -0.139. The molecule has 0 bridgehead atoms. The molecule has 2 amide bonds. The number of halogens is 1. The van der Waals surface area contributed by atoms with Crippen LogP contribution >= 0.6 is 11.6 Å². The van der Waals surface area contributed by atoms with Gasteiger partial charge in [-0.2, -0.15) is 0 Å². The highest BCUT2D eigenvalue weighted by molar-refractivity contribution is 6.31. The molecule has 3 rings (SSSR count). The number of nitrogens with one attached hydrogen (secondary N) is 4. The van der Waals surface area contributed by atoms with Crippen molar-refractivity contribution in [3.8, 4) is 11.5 Å². The molecule has 0 saturated heterocycles. The standard InChI is InChI=1S/C28H31ClN6O6/c1-15(2)41-23-11-20(34-24(36)12-30)9-17(26(23)40-14-25(37)38)13-33-22-8-5-18(29)10-21(22)28(39)35-19-6-3-16(4-7-19)27(31)32/h3-11,15,33H,12-14,30H2,1-2H3,(H3,31,32)(H,34,36)(H,35,39)(H,37,38). The third-order valence-electron chi connectivity index (χ3n) is 5.45. The van der Waals surface area contributed by atoms with Crippen molar-refractivity contribution in [3.05, 3.63) is 76.3 Å². The van der Waals surface area contributed by atoms with Gasteiger partial charge in [0, 0.05) is 45.8 Å². The van der Waals surface area contributed by atoms with Crippen molar-refractivity contribution < 1.29 is 29.0 Å². The van der Waals surface area contributed by atoms with E-state index in [9.17, 15) is 19.5 Å². The Labute approximate surface area is 241 Å². The molecule has 9 N–H and O–H groups in total. The molecule has 216 valence electrons. The van der Waals surface area contributed by atoms with E-state index in [1.54, 1.807) is 56.3 Å². The topological polar surface area (TPSA) is 202 Å². The zero-order chi connectivity index (χ0) is 30.1. The first kappa shape index (κ1) is 30.7. The second kappa shape index (κ2) is 14.0. The lowest BCUT2D eigenvalue weighted by atomic mass is 10.1. The Morgan fingerprint density at radius 2 is 1.73 bits per heavy atom. The largest absolute Gasteiger partial charge is 0.487 e. The Balaban J connectivity index is 1.94. The number of hydrogen-bond acceptors (Lipinski definition) is 8. The number of hydrogen-bond donors (Lipinski definition) is 7. The summed E-state index contributed by atoms with van der Waals surface area (Å²) in [5.41, 5.74) is 13.4. The van der Waals surface area contributed by atoms with Gasteiger partial charge in [-0.3, -0.25) is 15.0 Å². The summed E-state index contributed by atoms with van der Waals surface area (Å²) >= 11 is 6.20. The van der Waals surface area contributed by atoms with Crippen molar-refractivity contribution in [2.75, 3.05) is 29.1 Å². The van der Waals surface area contributed by atoms with Crippen LogP contribution in [0.15, 0.2) is 54.6 Å². The van der Waals surface area contributed by atoms with E-state index >= 15 is 0 Å². The molecule has 0 aliphatic rings. The fourth-order valence-corrected chi connectivity index (χ4v) is 3.87. The van der Waals surface area contributed by atoms with Crippen molar-refractivity contribution in [1.82, 2.24) is 0 Å². The Bertz CT molecular complexity index is 1440. The molecule has 0 aliphatic carbocycles. The Hall–Kier alpha value is -4.81. The van der Waals surface area contributed by atoms with Crippen molar-refractivity contribution >= 4 is 52.3 Å². The quantitative estimate of drug-likeness (QED) is 0.116. The Morgan fingerprint density at radius 1 is 1.02 bits per heavy atom. The number of amidine groups is 1. The summed E-state index contributed by atoms with van der Waals surface area (Å²) in [5, 5.41) is 25.7. The first-order valence-corrected chi connectivity index (χ1v) is 12.8. The molecule has 0 aromatic heterocycles. The average Bonchev–Trinajstić information content (AvgIpc) is 2.91. The number of anilines is 3. The molecule has 3 aromatic carbocycles. The third kappa shape index (κ3) is 8.85. The van der Waals surface area contributed by atoms with Crippen molar-refractivity contribution in [1.29, 1.82) is 5.41 Å². The van der Waals surface area contributed by atoms with E-state index in [1.807, 2.05) is 0 Å². The van der Waals surface area contributed by atoms with Crippen LogP contribution in [0.5, 0.6) is 11.5 Å². The number of carboxylic acids is 1. The minimum Gasteiger partial charge on any atom is -0.487 e. The molecule has 0 unspecified atom stereocenters. The summed E-state index contributed by atoms with van der Waals surface area (Å²) in [7, 11) is 0. The van der Waals surface area contributed by atoms with Crippen LogP contribution in [0.2, 0.25) is 5.02 Å². The Morgan fingerprint density at radius 3 is 2.34 bits per heavy atom. The van der Waals surface area contributed by atoms with E-state index in [4.69, 9.17) is 38.0 Å². The van der Waals surface area contributed by atoms with Gasteiger partial charge in [0.1, 0.15) is 5.84 Å². The highest BCUT2D eigenvalue weighted by Crippen LogP contribution is 2.37. The molecule has 13 heteroatoms. The highest BCUT2D eigenvalue weighted by atomic mass is 35.5. The van der Waals surface area contributed by atoms with Crippen LogP contribution in [-0.4, -0.2) is 48.0 Å². The lowest BCUT2D eigenvalue weighted by Gasteiger charge is -2.20. The summed E-state index contributed by atoms with van der Waals surface area (Å²) in [6.45, 7) is 2.75. The fraction of sp³-hybridized carbons (Fsp3) is 0.214. The van der Waals surface area contributed by atoms with Gasteiger partial charge in [0.15, 0.2) is 18.1 Å². The predicted molar refractivity (Wildman–Crippen MR) is 157 cm³/mol. The fourth-order valence-electron chi connectivity index (χ4n) is 3.70. The minimum atomic E-state index is -1.19. The third-order valence-corrected chi connectivity index (χ3v) is 5.69. The smallest absolute Gasteiger partial charge is 0.341 e. The van der Waals surface area contributed by atoms with Crippen molar-refractivity contribution in [3.63, 3.8) is 0 Å². The second-order valence-electron chi connectivity index (χ2n) is 9.05. The van der Waals surface area contributed by atoms with E-state index in [0.29, 0.717) is 33.2 Å². The Kier molecular flexibility index (Phi) is 10.5. The van der Waals surface area contributed by atoms with Crippen molar-refractivity contribution in [2.24, 2.45) is 11.5 Å². The zero-order valence-corrected chi connectivity index (χ0v) is 23.2. The summed E-state index contributed by atoms with van der Waals surface area (Å²) < 4.78 is 11.4. The van der Waals surface area contributed by atoms with Gasteiger partial charge in [-0.15, -0.1) is 0 Å². The number of benzene rings is 3. The molecule has 0 fully saturated rings. The SMILES string of the molecule is CC(C)Oc1cc(NC(=O)CN)cc(CNc2ccc(Cl)cc2C(=O)Nc2ccc(C(=N)N)cc2)c1OCC(=O)O. The van der Waals surface area contributed by atoms with Gasteiger partial charge in [-0.1, -0.05) is 11.6 Å². The van der Waals surface area contributed by atoms with Crippen LogP contribution in [0.3, 0.4) is 0 Å². The normalized spacial score (nSPS) is 10.6. The second-order valence-corrected chi connectivity index (χ2v) is 9.49. The molecule has 12 nitrogen and oxygen atoms in total. The molecule has 0 spiro atoms. The maximum atomic E-state index is 13.2. The molecule has 0 radical (unpaired) electrons. The molecular weight excluding hydrogens is 552 g/mol. The van der Waals surface area contributed by atoms with Crippen LogP contribution in [-0.2, 0) is 16.1 Å². The molecule has 0 heterocycles. The number of nitrogen functional groups attached to an aromatic ring is 1.